The van der Waals surface area contributed by atoms with Crippen molar-refractivity contribution in [3.63, 3.8) is 0 Å². The van der Waals surface area contributed by atoms with Crippen molar-refractivity contribution in [2.24, 2.45) is 5.41 Å². The smallest absolute Gasteiger partial charge is 0.335 e. The Morgan fingerprint density at radius 1 is 1.16 bits per heavy atom. The monoisotopic (exact) mass is 363 g/mol. The normalized spacial score (nSPS) is 21.8. The number of aliphatic hydroxyl groups is 2. The van der Waals surface area contributed by atoms with E-state index in [1.54, 1.807) is 0 Å². The molecular weight excluding hydrogens is 338 g/mol. The molecule has 1 aliphatic heterocycles. The van der Waals surface area contributed by atoms with E-state index in [9.17, 15) is 19.2 Å². The zero-order chi connectivity index (χ0) is 19.8. The largest absolute Gasteiger partial charge is 0.479 e. The molecule has 0 radical (unpaired) electrons. The number of Topliss-reactive ketones (excluding diaryl/α,β-unsaturated/α-hetero) is 1. The second-order valence-electron chi connectivity index (χ2n) is 6.00. The molecule has 10 heteroatoms. The van der Waals surface area contributed by atoms with Crippen LogP contribution >= 0.6 is 0 Å². The number of cyclic esters (lactones) is 1. The Bertz CT molecular complexity index is 487. The number of hydrogen-bond donors (Lipinski definition) is 4. The quantitative estimate of drug-likeness (QED) is 0.302. The standard InChI is InChI=1S/C11H19NO3.C4H6O6/c1-9(13)11(5-4-7-12(2)3)6-8-15-10(11)14;5-1(3(7)8)2(6)4(9)10/h4-8H2,1-3H3;1-2,5-6H,(H,7,8)(H,9,10). The van der Waals surface area contributed by atoms with E-state index >= 15 is 0 Å². The van der Waals surface area contributed by atoms with Crippen LogP contribution in [0.4, 0.5) is 0 Å². The summed E-state index contributed by atoms with van der Waals surface area (Å²) in [6.07, 6.45) is -2.52. The van der Waals surface area contributed by atoms with Crippen molar-refractivity contribution in [1.29, 1.82) is 0 Å². The predicted octanol–water partition coefficient (Wildman–Crippen LogP) is -1.27. The van der Waals surface area contributed by atoms with Gasteiger partial charge >= 0.3 is 17.9 Å². The average Bonchev–Trinajstić information content (AvgIpc) is 2.88. The van der Waals surface area contributed by atoms with Gasteiger partial charge in [-0.25, -0.2) is 9.59 Å². The molecule has 0 aromatic carbocycles. The van der Waals surface area contributed by atoms with Crippen LogP contribution in [0.25, 0.3) is 0 Å². The fourth-order valence-electron chi connectivity index (χ4n) is 2.25. The summed E-state index contributed by atoms with van der Waals surface area (Å²) in [5, 5.41) is 32.5. The number of carbonyl (C=O) groups is 4. The predicted molar refractivity (Wildman–Crippen MR) is 83.8 cm³/mol. The first-order chi connectivity index (χ1) is 11.5. The summed E-state index contributed by atoms with van der Waals surface area (Å²) in [5.41, 5.74) is -0.837. The molecule has 0 aromatic rings. The van der Waals surface area contributed by atoms with E-state index in [1.165, 1.54) is 6.92 Å². The van der Waals surface area contributed by atoms with E-state index in [1.807, 2.05) is 19.0 Å². The summed E-state index contributed by atoms with van der Waals surface area (Å²) in [7, 11) is 3.96. The van der Waals surface area contributed by atoms with Crippen molar-refractivity contribution < 1.29 is 44.3 Å². The summed E-state index contributed by atoms with van der Waals surface area (Å²) in [6.45, 7) is 2.77. The Hall–Kier alpha value is -2.04. The van der Waals surface area contributed by atoms with E-state index in [-0.39, 0.29) is 11.8 Å². The van der Waals surface area contributed by atoms with Crippen LogP contribution in [-0.4, -0.2) is 88.5 Å². The lowest BCUT2D eigenvalue weighted by Gasteiger charge is -2.21. The van der Waals surface area contributed by atoms with Gasteiger partial charge in [0, 0.05) is 6.42 Å². The van der Waals surface area contributed by atoms with Gasteiger partial charge in [-0.2, -0.15) is 0 Å². The molecule has 144 valence electrons. The molecule has 3 atom stereocenters. The molecule has 0 bridgehead atoms. The SMILES string of the molecule is CC(=O)C1(CCCN(C)C)CCOC1=O.O=C(O)C(O)C(O)C(=O)O. The van der Waals surface area contributed by atoms with Crippen molar-refractivity contribution in [2.45, 2.75) is 38.4 Å². The molecule has 0 saturated carbocycles. The van der Waals surface area contributed by atoms with Gasteiger partial charge in [-0.05, 0) is 40.4 Å². The number of rotatable bonds is 8. The van der Waals surface area contributed by atoms with Crippen LogP contribution in [-0.2, 0) is 23.9 Å². The lowest BCUT2D eigenvalue weighted by atomic mass is 9.78. The summed E-state index contributed by atoms with van der Waals surface area (Å²) in [6, 6.07) is 0. The molecule has 1 rings (SSSR count). The van der Waals surface area contributed by atoms with Crippen molar-refractivity contribution in [3.05, 3.63) is 0 Å². The number of aliphatic carboxylic acids is 2. The number of nitrogens with zero attached hydrogens (tertiary/aromatic N) is 1. The molecule has 1 aliphatic rings. The molecule has 25 heavy (non-hydrogen) atoms. The van der Waals surface area contributed by atoms with Gasteiger partial charge in [-0.1, -0.05) is 0 Å². The second kappa shape index (κ2) is 10.1. The summed E-state index contributed by atoms with van der Waals surface area (Å²) >= 11 is 0. The molecule has 0 spiro atoms. The van der Waals surface area contributed by atoms with Gasteiger partial charge in [0.15, 0.2) is 12.2 Å². The fraction of sp³-hybridized carbons (Fsp3) is 0.733. The minimum absolute atomic E-state index is 0.0521. The number of carboxylic acid groups (broad SMARTS) is 2. The highest BCUT2D eigenvalue weighted by molar-refractivity contribution is 6.03. The Kier molecular flexibility index (Phi) is 9.24. The van der Waals surface area contributed by atoms with E-state index in [0.29, 0.717) is 19.4 Å². The molecule has 0 aromatic heterocycles. The number of carbonyl (C=O) groups excluding carboxylic acids is 2. The van der Waals surface area contributed by atoms with E-state index < -0.39 is 29.6 Å². The first kappa shape index (κ1) is 23.0. The third-order valence-corrected chi connectivity index (χ3v) is 3.84. The van der Waals surface area contributed by atoms with Crippen LogP contribution in [0.1, 0.15) is 26.2 Å². The Morgan fingerprint density at radius 3 is 1.92 bits per heavy atom. The molecule has 4 N–H and O–H groups in total. The van der Waals surface area contributed by atoms with Crippen LogP contribution in [0.15, 0.2) is 0 Å². The first-order valence-corrected chi connectivity index (χ1v) is 7.60. The Labute approximate surface area is 145 Å². The van der Waals surface area contributed by atoms with Crippen LogP contribution in [0.5, 0.6) is 0 Å². The summed E-state index contributed by atoms with van der Waals surface area (Å²) in [4.78, 5) is 44.7. The molecule has 0 aliphatic carbocycles. The molecule has 10 nitrogen and oxygen atoms in total. The van der Waals surface area contributed by atoms with Crippen molar-refractivity contribution in [3.8, 4) is 0 Å². The van der Waals surface area contributed by atoms with Gasteiger partial charge in [-0.15, -0.1) is 0 Å². The highest BCUT2D eigenvalue weighted by atomic mass is 16.5. The highest BCUT2D eigenvalue weighted by Gasteiger charge is 2.48. The van der Waals surface area contributed by atoms with Crippen LogP contribution in [0.3, 0.4) is 0 Å². The molecule has 0 amide bonds. The number of ketones is 1. The van der Waals surface area contributed by atoms with Gasteiger partial charge in [-0.3, -0.25) is 9.59 Å². The number of ether oxygens (including phenoxy) is 1. The van der Waals surface area contributed by atoms with Gasteiger partial charge in [0.1, 0.15) is 11.2 Å². The Morgan fingerprint density at radius 2 is 1.64 bits per heavy atom. The number of carboxylic acids is 2. The second-order valence-corrected chi connectivity index (χ2v) is 6.00. The van der Waals surface area contributed by atoms with Crippen LogP contribution in [0.2, 0.25) is 0 Å². The van der Waals surface area contributed by atoms with Gasteiger partial charge in [0.05, 0.1) is 6.61 Å². The van der Waals surface area contributed by atoms with Crippen molar-refractivity contribution >= 4 is 23.7 Å². The summed E-state index contributed by atoms with van der Waals surface area (Å²) < 4.78 is 4.91. The molecule has 3 unspecified atom stereocenters. The minimum Gasteiger partial charge on any atom is -0.479 e. The van der Waals surface area contributed by atoms with Crippen LogP contribution < -0.4 is 0 Å². The van der Waals surface area contributed by atoms with Gasteiger partial charge in [0.25, 0.3) is 0 Å². The van der Waals surface area contributed by atoms with E-state index in [2.05, 4.69) is 0 Å². The topological polar surface area (TPSA) is 162 Å². The lowest BCUT2D eigenvalue weighted by molar-refractivity contribution is -0.165. The lowest BCUT2D eigenvalue weighted by Crippen LogP contribution is -2.39. The number of esters is 1. The third-order valence-electron chi connectivity index (χ3n) is 3.84. The Balaban J connectivity index is 0.000000504. The zero-order valence-electron chi connectivity index (χ0n) is 14.5. The van der Waals surface area contributed by atoms with Crippen molar-refractivity contribution in [1.82, 2.24) is 4.90 Å². The maximum absolute atomic E-state index is 11.6. The molecule has 1 heterocycles. The average molecular weight is 363 g/mol. The summed E-state index contributed by atoms with van der Waals surface area (Å²) in [5.74, 6) is -3.91. The van der Waals surface area contributed by atoms with Crippen molar-refractivity contribution in [2.75, 3.05) is 27.2 Å². The highest BCUT2D eigenvalue weighted by Crippen LogP contribution is 2.35. The molecular formula is C15H25NO9. The third kappa shape index (κ3) is 6.77. The maximum atomic E-state index is 11.6. The molecule has 1 saturated heterocycles. The zero-order valence-corrected chi connectivity index (χ0v) is 14.5. The van der Waals surface area contributed by atoms with Gasteiger partial charge in [0.2, 0.25) is 0 Å². The fourth-order valence-corrected chi connectivity index (χ4v) is 2.25. The van der Waals surface area contributed by atoms with Gasteiger partial charge < -0.3 is 30.1 Å². The maximum Gasteiger partial charge on any atom is 0.335 e. The minimum atomic E-state index is -2.27. The number of hydrogen-bond acceptors (Lipinski definition) is 8. The van der Waals surface area contributed by atoms with E-state index in [4.69, 9.17) is 25.2 Å². The molecule has 1 fully saturated rings. The number of aliphatic hydroxyl groups excluding tert-OH is 2. The van der Waals surface area contributed by atoms with Crippen LogP contribution in [0, 0.1) is 5.41 Å². The first-order valence-electron chi connectivity index (χ1n) is 7.60. The van der Waals surface area contributed by atoms with E-state index in [0.717, 1.165) is 13.0 Å².